The Bertz CT molecular complexity index is 987. The molecule has 0 aliphatic carbocycles. The second kappa shape index (κ2) is 9.63. The van der Waals surface area contributed by atoms with E-state index in [1.165, 1.54) is 11.8 Å². The van der Waals surface area contributed by atoms with Crippen molar-refractivity contribution in [1.29, 1.82) is 0 Å². The van der Waals surface area contributed by atoms with E-state index in [9.17, 15) is 9.59 Å². The van der Waals surface area contributed by atoms with Gasteiger partial charge in [0.25, 0.3) is 5.91 Å². The molecule has 29 heavy (non-hydrogen) atoms. The Morgan fingerprint density at radius 2 is 1.38 bits per heavy atom. The van der Waals surface area contributed by atoms with Gasteiger partial charge in [0.05, 0.1) is 5.25 Å². The highest BCUT2D eigenvalue weighted by molar-refractivity contribution is 8.00. The number of amides is 2. The summed E-state index contributed by atoms with van der Waals surface area (Å²) in [5.41, 5.74) is 3.14. The van der Waals surface area contributed by atoms with E-state index in [2.05, 4.69) is 10.6 Å². The number of hydrogen-bond acceptors (Lipinski definition) is 3. The van der Waals surface area contributed by atoms with Crippen molar-refractivity contribution in [3.8, 4) is 0 Å². The molecular weight excluding hydrogens is 404 g/mol. The number of rotatable bonds is 6. The van der Waals surface area contributed by atoms with E-state index in [0.29, 0.717) is 22.0 Å². The van der Waals surface area contributed by atoms with Gasteiger partial charge in [-0.3, -0.25) is 9.59 Å². The Kier molecular flexibility index (Phi) is 6.96. The molecule has 0 heterocycles. The van der Waals surface area contributed by atoms with Gasteiger partial charge in [-0.2, -0.15) is 0 Å². The van der Waals surface area contributed by atoms with Crippen LogP contribution in [-0.2, 0) is 4.79 Å². The fourth-order valence-electron chi connectivity index (χ4n) is 2.56. The summed E-state index contributed by atoms with van der Waals surface area (Å²) in [4.78, 5) is 25.6. The lowest BCUT2D eigenvalue weighted by Gasteiger charge is -2.13. The SMILES string of the molecule is Cc1ccc(C(=O)Nc2ccc(SC(C)C(=O)Nc3ccc(Cl)cc3)cc2)cc1. The van der Waals surface area contributed by atoms with Gasteiger partial charge in [-0.05, 0) is 74.5 Å². The molecule has 1 unspecified atom stereocenters. The van der Waals surface area contributed by atoms with Gasteiger partial charge in [-0.25, -0.2) is 0 Å². The van der Waals surface area contributed by atoms with E-state index < -0.39 is 0 Å². The van der Waals surface area contributed by atoms with E-state index in [1.807, 2.05) is 50.2 Å². The zero-order valence-corrected chi connectivity index (χ0v) is 17.7. The van der Waals surface area contributed by atoms with Crippen LogP contribution in [0.5, 0.6) is 0 Å². The van der Waals surface area contributed by atoms with Crippen molar-refractivity contribution in [2.45, 2.75) is 24.0 Å². The standard InChI is InChI=1S/C23H21ClN2O2S/c1-15-3-5-17(6-4-15)23(28)26-20-11-13-21(14-12-20)29-16(2)22(27)25-19-9-7-18(24)8-10-19/h3-14,16H,1-2H3,(H,25,27)(H,26,28). The van der Waals surface area contributed by atoms with Crippen LogP contribution in [0.1, 0.15) is 22.8 Å². The number of nitrogens with one attached hydrogen (secondary N) is 2. The summed E-state index contributed by atoms with van der Waals surface area (Å²) in [6, 6.07) is 21.9. The lowest BCUT2D eigenvalue weighted by Crippen LogP contribution is -2.22. The average Bonchev–Trinajstić information content (AvgIpc) is 2.71. The van der Waals surface area contributed by atoms with Crippen molar-refractivity contribution in [3.63, 3.8) is 0 Å². The van der Waals surface area contributed by atoms with Gasteiger partial charge >= 0.3 is 0 Å². The van der Waals surface area contributed by atoms with Crippen molar-refractivity contribution >= 4 is 46.6 Å². The zero-order chi connectivity index (χ0) is 20.8. The summed E-state index contributed by atoms with van der Waals surface area (Å²) < 4.78 is 0. The molecule has 2 N–H and O–H groups in total. The summed E-state index contributed by atoms with van der Waals surface area (Å²) in [6.07, 6.45) is 0. The molecule has 0 saturated heterocycles. The highest BCUT2D eigenvalue weighted by atomic mass is 35.5. The first-order valence-electron chi connectivity index (χ1n) is 9.12. The second-order valence-corrected chi connectivity index (χ2v) is 8.45. The summed E-state index contributed by atoms with van der Waals surface area (Å²) >= 11 is 7.31. The van der Waals surface area contributed by atoms with Crippen molar-refractivity contribution < 1.29 is 9.59 Å². The topological polar surface area (TPSA) is 58.2 Å². The number of thioether (sulfide) groups is 1. The van der Waals surface area contributed by atoms with Gasteiger partial charge in [0, 0.05) is 26.9 Å². The Balaban J connectivity index is 1.55. The minimum absolute atomic E-state index is 0.0888. The Labute approximate surface area is 179 Å². The Morgan fingerprint density at radius 3 is 2.00 bits per heavy atom. The number of anilines is 2. The van der Waals surface area contributed by atoms with Crippen molar-refractivity contribution in [2.75, 3.05) is 10.6 Å². The van der Waals surface area contributed by atoms with Crippen LogP contribution in [0.2, 0.25) is 5.02 Å². The molecule has 3 rings (SSSR count). The quantitative estimate of drug-likeness (QED) is 0.475. The summed E-state index contributed by atoms with van der Waals surface area (Å²) in [6.45, 7) is 3.83. The van der Waals surface area contributed by atoms with Crippen molar-refractivity contribution in [3.05, 3.63) is 88.9 Å². The van der Waals surface area contributed by atoms with Crippen molar-refractivity contribution in [2.24, 2.45) is 0 Å². The Hall–Kier alpha value is -2.76. The summed E-state index contributed by atoms with van der Waals surface area (Å²) in [5, 5.41) is 6.10. The maximum absolute atomic E-state index is 12.4. The summed E-state index contributed by atoms with van der Waals surface area (Å²) in [7, 11) is 0. The maximum atomic E-state index is 12.4. The molecule has 0 aliphatic rings. The van der Waals surface area contributed by atoms with Gasteiger partial charge < -0.3 is 10.6 Å². The van der Waals surface area contributed by atoms with Crippen LogP contribution in [0.15, 0.2) is 77.7 Å². The number of carbonyl (C=O) groups excluding carboxylic acids is 2. The van der Waals surface area contributed by atoms with Gasteiger partial charge in [0.2, 0.25) is 5.91 Å². The van der Waals surface area contributed by atoms with Crippen LogP contribution < -0.4 is 10.6 Å². The molecule has 3 aromatic carbocycles. The van der Waals surface area contributed by atoms with E-state index in [-0.39, 0.29) is 17.1 Å². The van der Waals surface area contributed by atoms with Crippen LogP contribution >= 0.6 is 23.4 Å². The molecular formula is C23H21ClN2O2S. The van der Waals surface area contributed by atoms with Gasteiger partial charge in [-0.15, -0.1) is 11.8 Å². The molecule has 1 atom stereocenters. The fraction of sp³-hybridized carbons (Fsp3) is 0.130. The molecule has 0 saturated carbocycles. The Morgan fingerprint density at radius 1 is 0.828 bits per heavy atom. The molecule has 0 aromatic heterocycles. The van der Waals surface area contributed by atoms with E-state index in [0.717, 1.165) is 10.5 Å². The molecule has 0 radical (unpaired) electrons. The zero-order valence-electron chi connectivity index (χ0n) is 16.1. The highest BCUT2D eigenvalue weighted by Gasteiger charge is 2.15. The molecule has 4 nitrogen and oxygen atoms in total. The lowest BCUT2D eigenvalue weighted by molar-refractivity contribution is -0.115. The van der Waals surface area contributed by atoms with Crippen LogP contribution in [0.3, 0.4) is 0 Å². The van der Waals surface area contributed by atoms with E-state index >= 15 is 0 Å². The first-order valence-corrected chi connectivity index (χ1v) is 10.4. The van der Waals surface area contributed by atoms with Crippen LogP contribution in [0, 0.1) is 6.92 Å². The molecule has 6 heteroatoms. The molecule has 0 aliphatic heterocycles. The molecule has 3 aromatic rings. The first kappa shape index (κ1) is 21.0. The van der Waals surface area contributed by atoms with Gasteiger partial charge in [-0.1, -0.05) is 29.3 Å². The van der Waals surface area contributed by atoms with E-state index in [4.69, 9.17) is 11.6 Å². The third-order valence-corrected chi connectivity index (χ3v) is 5.58. The minimum Gasteiger partial charge on any atom is -0.325 e. The number of hydrogen-bond donors (Lipinski definition) is 2. The summed E-state index contributed by atoms with van der Waals surface area (Å²) in [5.74, 6) is -0.241. The predicted molar refractivity (Wildman–Crippen MR) is 121 cm³/mol. The van der Waals surface area contributed by atoms with Crippen molar-refractivity contribution in [1.82, 2.24) is 0 Å². The maximum Gasteiger partial charge on any atom is 0.255 e. The van der Waals surface area contributed by atoms with Gasteiger partial charge in [0.1, 0.15) is 0 Å². The smallest absolute Gasteiger partial charge is 0.255 e. The normalized spacial score (nSPS) is 11.6. The fourth-order valence-corrected chi connectivity index (χ4v) is 3.55. The molecule has 2 amide bonds. The second-order valence-electron chi connectivity index (χ2n) is 6.60. The predicted octanol–water partition coefficient (Wildman–Crippen LogP) is 6.02. The van der Waals surface area contributed by atoms with E-state index in [1.54, 1.807) is 36.4 Å². The number of aryl methyl sites for hydroxylation is 1. The monoisotopic (exact) mass is 424 g/mol. The van der Waals surface area contributed by atoms with Gasteiger partial charge in [0.15, 0.2) is 0 Å². The molecule has 0 fully saturated rings. The minimum atomic E-state index is -0.279. The molecule has 0 spiro atoms. The first-order chi connectivity index (χ1) is 13.9. The molecule has 0 bridgehead atoms. The van der Waals surface area contributed by atoms with Crippen LogP contribution in [-0.4, -0.2) is 17.1 Å². The van der Waals surface area contributed by atoms with Crippen LogP contribution in [0.4, 0.5) is 11.4 Å². The largest absolute Gasteiger partial charge is 0.325 e. The number of benzene rings is 3. The third-order valence-electron chi connectivity index (χ3n) is 4.22. The molecule has 148 valence electrons. The highest BCUT2D eigenvalue weighted by Crippen LogP contribution is 2.26. The third kappa shape index (κ3) is 6.11. The number of halogens is 1. The average molecular weight is 425 g/mol. The van der Waals surface area contributed by atoms with Crippen LogP contribution in [0.25, 0.3) is 0 Å². The number of carbonyl (C=O) groups is 2. The lowest BCUT2D eigenvalue weighted by atomic mass is 10.1.